The highest BCUT2D eigenvalue weighted by Crippen LogP contribution is 2.24. The number of rotatable bonds is 2. The minimum atomic E-state index is -0.242. The highest BCUT2D eigenvalue weighted by atomic mass is 32.1. The molecule has 5 nitrogen and oxygen atoms in total. The van der Waals surface area contributed by atoms with Crippen molar-refractivity contribution in [1.29, 1.82) is 0 Å². The van der Waals surface area contributed by atoms with Crippen molar-refractivity contribution >= 4 is 27.3 Å². The molecule has 3 heterocycles. The number of thiophene rings is 1. The molecule has 3 rings (SSSR count). The molecule has 6 heteroatoms. The van der Waals surface area contributed by atoms with Crippen LogP contribution in [-0.4, -0.2) is 20.9 Å². The molecule has 3 aromatic rings. The largest absolute Gasteiger partial charge is 0.330 e. The summed E-state index contributed by atoms with van der Waals surface area (Å²) in [5.41, 5.74) is 1.69. The molecule has 0 unspecified atom stereocenters. The van der Waals surface area contributed by atoms with Crippen molar-refractivity contribution in [2.45, 2.75) is 6.92 Å². The van der Waals surface area contributed by atoms with Crippen LogP contribution in [0.4, 0.5) is 0 Å². The zero-order chi connectivity index (χ0) is 11.8. The first-order valence-electron chi connectivity index (χ1n) is 4.92. The number of nitrogens with zero attached hydrogens (tertiary/aromatic N) is 3. The highest BCUT2D eigenvalue weighted by molar-refractivity contribution is 7.17. The van der Waals surface area contributed by atoms with E-state index >= 15 is 0 Å². The van der Waals surface area contributed by atoms with E-state index in [4.69, 9.17) is 4.52 Å². The molecule has 17 heavy (non-hydrogen) atoms. The predicted molar refractivity (Wildman–Crippen MR) is 62.9 cm³/mol. The van der Waals surface area contributed by atoms with Gasteiger partial charge in [0, 0.05) is 18.7 Å². The number of aromatic nitrogens is 3. The third kappa shape index (κ3) is 1.72. The summed E-state index contributed by atoms with van der Waals surface area (Å²) in [5.74, 6) is 0.165. The van der Waals surface area contributed by atoms with Crippen LogP contribution in [0.3, 0.4) is 0 Å². The molecule has 0 aliphatic carbocycles. The number of ketones is 1. The Balaban J connectivity index is 2.09. The average Bonchev–Trinajstić information content (AvgIpc) is 2.97. The number of carbonyl (C=O) groups is 1. The first-order valence-corrected chi connectivity index (χ1v) is 5.80. The quantitative estimate of drug-likeness (QED) is 0.649. The van der Waals surface area contributed by atoms with Gasteiger partial charge < -0.3 is 4.52 Å². The number of Topliss-reactive ketones (excluding diaryl/α,β-unsaturated/α-hetero) is 1. The molecule has 0 aromatic carbocycles. The number of hydrogen-bond acceptors (Lipinski definition) is 6. The monoisotopic (exact) mass is 245 g/mol. The van der Waals surface area contributed by atoms with Crippen LogP contribution in [-0.2, 0) is 0 Å². The Morgan fingerprint density at radius 2 is 2.35 bits per heavy atom. The van der Waals surface area contributed by atoms with Gasteiger partial charge in [-0.25, -0.2) is 0 Å². The van der Waals surface area contributed by atoms with Gasteiger partial charge in [0.25, 0.3) is 5.89 Å². The van der Waals surface area contributed by atoms with E-state index in [2.05, 4.69) is 15.1 Å². The molecule has 0 atom stereocenters. The number of carbonyl (C=O) groups excluding carboxylic acids is 1. The lowest BCUT2D eigenvalue weighted by Gasteiger charge is -1.93. The summed E-state index contributed by atoms with van der Waals surface area (Å²) in [6.07, 6.45) is 1.67. The van der Waals surface area contributed by atoms with Crippen molar-refractivity contribution in [3.63, 3.8) is 0 Å². The smallest absolute Gasteiger partial charge is 0.294 e. The first-order chi connectivity index (χ1) is 8.24. The average molecular weight is 245 g/mol. The van der Waals surface area contributed by atoms with E-state index in [0.717, 1.165) is 15.8 Å². The normalized spacial score (nSPS) is 10.9. The summed E-state index contributed by atoms with van der Waals surface area (Å²) in [5, 5.41) is 5.73. The Morgan fingerprint density at radius 1 is 1.47 bits per heavy atom. The van der Waals surface area contributed by atoms with Crippen molar-refractivity contribution < 1.29 is 9.32 Å². The number of fused-ring (bicyclic) bond motifs is 1. The molecule has 0 bridgehead atoms. The van der Waals surface area contributed by atoms with Crippen LogP contribution in [0.15, 0.2) is 28.2 Å². The maximum absolute atomic E-state index is 11.1. The van der Waals surface area contributed by atoms with Gasteiger partial charge in [0.2, 0.25) is 11.6 Å². The minimum absolute atomic E-state index is 0.0197. The molecule has 0 spiro atoms. The van der Waals surface area contributed by atoms with Crippen LogP contribution in [0.1, 0.15) is 17.6 Å². The van der Waals surface area contributed by atoms with Gasteiger partial charge in [-0.2, -0.15) is 4.98 Å². The SMILES string of the molecule is CC(=O)c1nc(-c2cnc3ccsc3c2)no1. The Bertz CT molecular complexity index is 701. The van der Waals surface area contributed by atoms with Gasteiger partial charge in [-0.05, 0) is 17.5 Å². The fourth-order valence-electron chi connectivity index (χ4n) is 1.45. The molecule has 0 aliphatic rings. The van der Waals surface area contributed by atoms with Crippen LogP contribution >= 0.6 is 11.3 Å². The highest BCUT2D eigenvalue weighted by Gasteiger charge is 2.12. The molecule has 0 saturated heterocycles. The van der Waals surface area contributed by atoms with Crippen molar-refractivity contribution in [3.05, 3.63) is 29.6 Å². The zero-order valence-electron chi connectivity index (χ0n) is 8.88. The lowest BCUT2D eigenvalue weighted by atomic mass is 10.2. The van der Waals surface area contributed by atoms with Crippen LogP contribution < -0.4 is 0 Å². The van der Waals surface area contributed by atoms with Crippen molar-refractivity contribution in [1.82, 2.24) is 15.1 Å². The second-order valence-corrected chi connectivity index (χ2v) is 4.45. The van der Waals surface area contributed by atoms with Crippen LogP contribution in [0.5, 0.6) is 0 Å². The number of hydrogen-bond donors (Lipinski definition) is 0. The molecule has 0 N–H and O–H groups in total. The molecule has 0 saturated carbocycles. The Hall–Kier alpha value is -2.08. The lowest BCUT2D eigenvalue weighted by molar-refractivity contribution is 0.0972. The van der Waals surface area contributed by atoms with E-state index in [1.54, 1.807) is 17.5 Å². The van der Waals surface area contributed by atoms with Crippen LogP contribution in [0, 0.1) is 0 Å². The van der Waals surface area contributed by atoms with Gasteiger partial charge in [-0.1, -0.05) is 5.16 Å². The minimum Gasteiger partial charge on any atom is -0.330 e. The second kappa shape index (κ2) is 3.74. The topological polar surface area (TPSA) is 68.9 Å². The third-order valence-corrected chi connectivity index (χ3v) is 3.14. The fraction of sp³-hybridized carbons (Fsp3) is 0.0909. The van der Waals surface area contributed by atoms with Gasteiger partial charge in [-0.3, -0.25) is 9.78 Å². The molecule has 0 amide bonds. The summed E-state index contributed by atoms with van der Waals surface area (Å²) in [4.78, 5) is 19.3. The van der Waals surface area contributed by atoms with Crippen molar-refractivity contribution in [3.8, 4) is 11.4 Å². The van der Waals surface area contributed by atoms with Gasteiger partial charge in [0.1, 0.15) is 0 Å². The molecular weight excluding hydrogens is 238 g/mol. The zero-order valence-corrected chi connectivity index (χ0v) is 9.69. The summed E-state index contributed by atoms with van der Waals surface area (Å²) >= 11 is 1.59. The van der Waals surface area contributed by atoms with Crippen LogP contribution in [0.25, 0.3) is 21.6 Å². The maximum Gasteiger partial charge on any atom is 0.294 e. The molecule has 0 aliphatic heterocycles. The summed E-state index contributed by atoms with van der Waals surface area (Å²) in [6, 6.07) is 3.88. The Labute approximate surface area is 100 Å². The second-order valence-electron chi connectivity index (χ2n) is 3.51. The standard InChI is InChI=1S/C11H7N3O2S/c1-6(15)11-13-10(14-16-11)7-4-9-8(12-5-7)2-3-17-9/h2-5H,1H3. The van der Waals surface area contributed by atoms with E-state index in [-0.39, 0.29) is 11.7 Å². The van der Waals surface area contributed by atoms with E-state index < -0.39 is 0 Å². The van der Waals surface area contributed by atoms with Crippen molar-refractivity contribution in [2.24, 2.45) is 0 Å². The van der Waals surface area contributed by atoms with Crippen molar-refractivity contribution in [2.75, 3.05) is 0 Å². The third-order valence-electron chi connectivity index (χ3n) is 2.29. The predicted octanol–water partition coefficient (Wildman–Crippen LogP) is 2.55. The van der Waals surface area contributed by atoms with E-state index in [9.17, 15) is 4.79 Å². The lowest BCUT2D eigenvalue weighted by Crippen LogP contribution is -1.91. The summed E-state index contributed by atoms with van der Waals surface area (Å²) in [6.45, 7) is 1.39. The van der Waals surface area contributed by atoms with E-state index in [1.165, 1.54) is 6.92 Å². The number of pyridine rings is 1. The maximum atomic E-state index is 11.1. The van der Waals surface area contributed by atoms with Crippen LogP contribution in [0.2, 0.25) is 0 Å². The van der Waals surface area contributed by atoms with E-state index in [1.807, 2.05) is 17.5 Å². The Morgan fingerprint density at radius 3 is 3.12 bits per heavy atom. The molecule has 84 valence electrons. The van der Waals surface area contributed by atoms with Gasteiger partial charge in [-0.15, -0.1) is 11.3 Å². The molecular formula is C11H7N3O2S. The molecule has 0 radical (unpaired) electrons. The summed E-state index contributed by atoms with van der Waals surface area (Å²) < 4.78 is 5.89. The van der Waals surface area contributed by atoms with Gasteiger partial charge in [0.15, 0.2) is 0 Å². The fourth-order valence-corrected chi connectivity index (χ4v) is 2.23. The van der Waals surface area contributed by atoms with E-state index in [0.29, 0.717) is 5.82 Å². The molecule has 3 aromatic heterocycles. The molecule has 0 fully saturated rings. The van der Waals surface area contributed by atoms with Gasteiger partial charge >= 0.3 is 0 Å². The first kappa shape index (κ1) is 10.1. The van der Waals surface area contributed by atoms with Gasteiger partial charge in [0.05, 0.1) is 10.2 Å². The Kier molecular flexibility index (Phi) is 2.22. The summed E-state index contributed by atoms with van der Waals surface area (Å²) in [7, 11) is 0.